The van der Waals surface area contributed by atoms with Crippen LogP contribution < -0.4 is 0 Å². The van der Waals surface area contributed by atoms with E-state index in [2.05, 4.69) is 4.18 Å². The van der Waals surface area contributed by atoms with E-state index >= 15 is 0 Å². The predicted molar refractivity (Wildman–Crippen MR) is 126 cm³/mol. The Morgan fingerprint density at radius 3 is 1.76 bits per heavy atom. The summed E-state index contributed by atoms with van der Waals surface area (Å²) in [5.41, 5.74) is -10.3. The van der Waals surface area contributed by atoms with Gasteiger partial charge in [-0.3, -0.25) is 0 Å². The second-order valence-corrected chi connectivity index (χ2v) is 17.2. The zero-order valence-corrected chi connectivity index (χ0v) is 24.2. The van der Waals surface area contributed by atoms with E-state index in [1.807, 2.05) is 41.5 Å². The van der Waals surface area contributed by atoms with E-state index in [1.165, 1.54) is 6.08 Å². The van der Waals surface area contributed by atoms with Gasteiger partial charge in [0.2, 0.25) is 19.5 Å². The molecule has 2 aliphatic heterocycles. The molecular weight excluding hydrogens is 505 g/mol. The van der Waals surface area contributed by atoms with Gasteiger partial charge in [0.15, 0.2) is 0 Å². The maximum absolute atomic E-state index is 13.1. The molecule has 2 bridgehead atoms. The number of halogens is 3. The van der Waals surface area contributed by atoms with Crippen molar-refractivity contribution in [1.29, 1.82) is 0 Å². The molecule has 6 nitrogen and oxygen atoms in total. The summed E-state index contributed by atoms with van der Waals surface area (Å²) < 4.78 is 86.8. The Morgan fingerprint density at radius 1 is 0.853 bits per heavy atom. The van der Waals surface area contributed by atoms with E-state index < -0.39 is 38.0 Å². The molecule has 34 heavy (non-hydrogen) atoms. The van der Waals surface area contributed by atoms with Crippen LogP contribution in [0.2, 0.25) is 10.1 Å². The third kappa shape index (κ3) is 6.17. The van der Waals surface area contributed by atoms with E-state index in [4.69, 9.17) is 13.6 Å². The SMILES string of the molecule is CC(C)(C)[Si]OC(C)(C)C12C=CC(C(C)(C)O[Si]C(C)(C)C)(CC(OS(=O)(=O)C(F)(F)F)=C1)O2. The van der Waals surface area contributed by atoms with Crippen LogP contribution in [0.1, 0.15) is 75.7 Å². The second kappa shape index (κ2) is 8.72. The van der Waals surface area contributed by atoms with E-state index in [0.717, 1.165) is 0 Å². The first kappa shape index (κ1) is 29.6. The molecule has 2 heterocycles. The number of ether oxygens (including phenoxy) is 1. The molecule has 12 heteroatoms. The first-order valence-electron chi connectivity index (χ1n) is 10.9. The van der Waals surface area contributed by atoms with Crippen LogP contribution in [0, 0.1) is 0 Å². The molecule has 0 fully saturated rings. The van der Waals surface area contributed by atoms with Gasteiger partial charge in [0.25, 0.3) is 0 Å². The normalized spacial score (nSPS) is 26.6. The highest BCUT2D eigenvalue weighted by atomic mass is 32.2. The summed E-state index contributed by atoms with van der Waals surface area (Å²) in [6, 6.07) is 0. The van der Waals surface area contributed by atoms with Crippen LogP contribution in [-0.2, 0) is 27.9 Å². The van der Waals surface area contributed by atoms with Crippen LogP contribution in [-0.4, -0.2) is 55.9 Å². The Morgan fingerprint density at radius 2 is 1.32 bits per heavy atom. The van der Waals surface area contributed by atoms with E-state index in [9.17, 15) is 21.6 Å². The number of hydrogen-bond donors (Lipinski definition) is 0. The molecule has 0 aromatic carbocycles. The number of hydrogen-bond acceptors (Lipinski definition) is 6. The Bertz CT molecular complexity index is 945. The monoisotopic (exact) mass is 540 g/mol. The van der Waals surface area contributed by atoms with Crippen molar-refractivity contribution >= 4 is 29.6 Å². The van der Waals surface area contributed by atoms with Gasteiger partial charge in [-0.15, -0.1) is 0 Å². The Labute approximate surface area is 206 Å². The standard InChI is InChI=1S/C22H35F3O6SSi2/c1-16(2,3)33-30-18(7,8)20-11-12-21(29-20,19(9,10)31-34-17(4,5)6)14-15(13-20)28-32(26,27)22(23,24)25/h11-13H,14H2,1-10H3. The summed E-state index contributed by atoms with van der Waals surface area (Å²) in [7, 11) is -5.75. The van der Waals surface area contributed by atoms with Crippen molar-refractivity contribution in [2.75, 3.05) is 0 Å². The van der Waals surface area contributed by atoms with Crippen molar-refractivity contribution in [3.8, 4) is 0 Å². The van der Waals surface area contributed by atoms with Gasteiger partial charge in [-0.25, -0.2) is 0 Å². The fraction of sp³-hybridized carbons (Fsp3) is 0.818. The Kier molecular flexibility index (Phi) is 7.58. The molecule has 0 spiro atoms. The molecule has 0 aromatic rings. The minimum Gasteiger partial charge on any atom is -0.409 e. The van der Waals surface area contributed by atoms with Crippen molar-refractivity contribution in [3.05, 3.63) is 24.0 Å². The van der Waals surface area contributed by atoms with E-state index in [-0.39, 0.29) is 41.8 Å². The molecule has 0 saturated carbocycles. The van der Waals surface area contributed by atoms with Gasteiger partial charge in [0.05, 0.1) is 11.2 Å². The summed E-state index contributed by atoms with van der Waals surface area (Å²) in [6.45, 7) is 19.1. The predicted octanol–water partition coefficient (Wildman–Crippen LogP) is 5.47. The fourth-order valence-corrected chi connectivity index (χ4v) is 5.29. The molecule has 2 unspecified atom stereocenters. The number of alkyl halides is 3. The molecule has 2 aliphatic rings. The molecule has 2 rings (SSSR count). The van der Waals surface area contributed by atoms with Gasteiger partial charge in [-0.05, 0) is 49.9 Å². The van der Waals surface area contributed by atoms with Gasteiger partial charge in [-0.1, -0.05) is 47.6 Å². The molecule has 2 atom stereocenters. The highest BCUT2D eigenvalue weighted by molar-refractivity contribution is 7.87. The molecule has 4 radical (unpaired) electrons. The highest BCUT2D eigenvalue weighted by Gasteiger charge is 2.62. The van der Waals surface area contributed by atoms with Crippen molar-refractivity contribution in [2.24, 2.45) is 0 Å². The summed E-state index contributed by atoms with van der Waals surface area (Å²) >= 11 is 0. The van der Waals surface area contributed by atoms with Gasteiger partial charge in [0, 0.05) is 6.42 Å². The lowest BCUT2D eigenvalue weighted by atomic mass is 9.80. The quantitative estimate of drug-likeness (QED) is 0.176. The largest absolute Gasteiger partial charge is 0.534 e. The van der Waals surface area contributed by atoms with Gasteiger partial charge < -0.3 is 17.8 Å². The smallest absolute Gasteiger partial charge is 0.409 e. The van der Waals surface area contributed by atoms with Crippen molar-refractivity contribution < 1.29 is 39.4 Å². The van der Waals surface area contributed by atoms with Gasteiger partial charge >= 0.3 is 15.6 Å². The summed E-state index contributed by atoms with van der Waals surface area (Å²) in [4.78, 5) is 0. The maximum Gasteiger partial charge on any atom is 0.534 e. The van der Waals surface area contributed by atoms with Crippen LogP contribution in [0.5, 0.6) is 0 Å². The van der Waals surface area contributed by atoms with Gasteiger partial charge in [-0.2, -0.15) is 21.6 Å². The summed E-state index contributed by atoms with van der Waals surface area (Å²) in [6.07, 6.45) is 4.48. The van der Waals surface area contributed by atoms with Crippen molar-refractivity contribution in [3.63, 3.8) is 0 Å². The highest BCUT2D eigenvalue weighted by Crippen LogP contribution is 2.54. The molecule has 0 N–H and O–H groups in total. The van der Waals surface area contributed by atoms with Crippen LogP contribution in [0.4, 0.5) is 13.2 Å². The second-order valence-electron chi connectivity index (χ2n) is 11.8. The van der Waals surface area contributed by atoms with Gasteiger partial charge in [0.1, 0.15) is 17.0 Å². The molecule has 0 amide bonds. The first-order valence-corrected chi connectivity index (χ1v) is 14.1. The lowest BCUT2D eigenvalue weighted by Gasteiger charge is -2.51. The first-order chi connectivity index (χ1) is 14.9. The van der Waals surface area contributed by atoms with Crippen molar-refractivity contribution in [2.45, 2.75) is 114 Å². The lowest BCUT2D eigenvalue weighted by Crippen LogP contribution is -2.61. The fourth-order valence-electron chi connectivity index (χ4n) is 3.35. The Hall–Kier alpha value is -0.666. The van der Waals surface area contributed by atoms with Crippen LogP contribution in [0.25, 0.3) is 0 Å². The van der Waals surface area contributed by atoms with Crippen LogP contribution in [0.3, 0.4) is 0 Å². The van der Waals surface area contributed by atoms with E-state index in [0.29, 0.717) is 0 Å². The Balaban J connectivity index is 2.54. The third-order valence-corrected chi connectivity index (χ3v) is 8.90. The molecule has 0 saturated heterocycles. The summed E-state index contributed by atoms with van der Waals surface area (Å²) in [5, 5.41) is -0.326. The zero-order chi connectivity index (χ0) is 26.6. The average molecular weight is 541 g/mol. The number of rotatable bonds is 8. The van der Waals surface area contributed by atoms with Crippen molar-refractivity contribution in [1.82, 2.24) is 0 Å². The third-order valence-electron chi connectivity index (χ3n) is 5.45. The molecule has 194 valence electrons. The lowest BCUT2D eigenvalue weighted by molar-refractivity contribution is -0.205. The molecular formula is C22H35F3O6SSi2. The minimum atomic E-state index is -5.86. The zero-order valence-electron chi connectivity index (χ0n) is 21.4. The maximum atomic E-state index is 13.1. The minimum absolute atomic E-state index is 0.0495. The van der Waals surface area contributed by atoms with Crippen LogP contribution >= 0.6 is 0 Å². The van der Waals surface area contributed by atoms with E-state index in [1.54, 1.807) is 39.8 Å². The van der Waals surface area contributed by atoms with Crippen LogP contribution in [0.15, 0.2) is 24.0 Å². The molecule has 0 aliphatic carbocycles. The topological polar surface area (TPSA) is 71.1 Å². The summed E-state index contributed by atoms with van der Waals surface area (Å²) in [5.74, 6) is -0.361. The number of fused-ring (bicyclic) bond motifs is 2. The molecule has 0 aromatic heterocycles. The average Bonchev–Trinajstić information content (AvgIpc) is 2.90.